The van der Waals surface area contributed by atoms with Gasteiger partial charge in [0.15, 0.2) is 0 Å². The summed E-state index contributed by atoms with van der Waals surface area (Å²) in [7, 11) is 0. The van der Waals surface area contributed by atoms with Gasteiger partial charge in [-0.3, -0.25) is 28.9 Å². The van der Waals surface area contributed by atoms with Crippen LogP contribution in [0.15, 0.2) is 84.9 Å². The number of nitrogens with one attached hydrogen (secondary N) is 1. The van der Waals surface area contributed by atoms with Gasteiger partial charge in [0.25, 0.3) is 23.6 Å². The average molecular weight is 900 g/mol. The van der Waals surface area contributed by atoms with Crippen LogP contribution < -0.4 is 24.6 Å². The predicted octanol–water partition coefficient (Wildman–Crippen LogP) is 6.99. The van der Waals surface area contributed by atoms with E-state index in [1.54, 1.807) is 34.1 Å². The van der Waals surface area contributed by atoms with Crippen LogP contribution in [0.25, 0.3) is 21.5 Å². The number of carbonyl (C=O) groups is 6. The highest BCUT2D eigenvalue weighted by Crippen LogP contribution is 2.48. The second kappa shape index (κ2) is 18.6. The molecule has 0 fully saturated rings. The van der Waals surface area contributed by atoms with E-state index in [1.165, 1.54) is 19.1 Å². The molecule has 0 saturated carbocycles. The van der Waals surface area contributed by atoms with E-state index in [0.717, 1.165) is 43.5 Å². The zero-order valence-electron chi connectivity index (χ0n) is 33.4. The van der Waals surface area contributed by atoms with Crippen LogP contribution in [-0.2, 0) is 23.9 Å². The first-order valence-electron chi connectivity index (χ1n) is 19.9. The number of anilines is 2. The number of imide groups is 1. The van der Waals surface area contributed by atoms with Crippen LogP contribution in [0.1, 0.15) is 49.2 Å². The molecule has 5 aromatic rings. The van der Waals surface area contributed by atoms with Gasteiger partial charge in [-0.15, -0.1) is 34.5 Å². The number of alkyl halides is 2. The minimum atomic E-state index is -0.720. The molecule has 3 aliphatic rings. The highest BCUT2D eigenvalue weighted by atomic mass is 35.5. The Bertz CT molecular complexity index is 2630. The lowest BCUT2D eigenvalue weighted by molar-refractivity contribution is -0.137. The molecular weight excluding hydrogens is 859 g/mol. The van der Waals surface area contributed by atoms with Gasteiger partial charge >= 0.3 is 12.1 Å². The number of benzene rings is 4. The average Bonchev–Trinajstić information content (AvgIpc) is 4.07. The van der Waals surface area contributed by atoms with E-state index in [-0.39, 0.29) is 99.0 Å². The van der Waals surface area contributed by atoms with Crippen LogP contribution in [0.3, 0.4) is 0 Å². The van der Waals surface area contributed by atoms with Gasteiger partial charge in [-0.05, 0) is 34.0 Å². The molecule has 62 heavy (non-hydrogen) atoms. The Morgan fingerprint density at radius 2 is 1.16 bits per heavy atom. The third kappa shape index (κ3) is 8.50. The van der Waals surface area contributed by atoms with E-state index >= 15 is 0 Å². The maximum absolute atomic E-state index is 14.4. The molecule has 3 aliphatic heterocycles. The van der Waals surface area contributed by atoms with Crippen molar-refractivity contribution in [3.8, 4) is 11.5 Å². The minimum absolute atomic E-state index is 0.141. The zero-order chi connectivity index (χ0) is 43.5. The van der Waals surface area contributed by atoms with Crippen LogP contribution in [0.2, 0.25) is 0 Å². The summed E-state index contributed by atoms with van der Waals surface area (Å²) in [4.78, 5) is 82.0. The van der Waals surface area contributed by atoms with Crippen molar-refractivity contribution in [1.82, 2.24) is 10.2 Å². The lowest BCUT2D eigenvalue weighted by atomic mass is 9.95. The summed E-state index contributed by atoms with van der Waals surface area (Å²) < 4.78 is 22.4. The number of fused-ring (bicyclic) bond motifs is 6. The molecule has 8 rings (SSSR count). The van der Waals surface area contributed by atoms with Crippen molar-refractivity contribution < 1.29 is 47.7 Å². The van der Waals surface area contributed by atoms with Gasteiger partial charge in [0, 0.05) is 85.2 Å². The molecule has 4 aromatic carbocycles. The van der Waals surface area contributed by atoms with Crippen LogP contribution in [0.4, 0.5) is 16.2 Å². The number of thiophene rings is 1. The van der Waals surface area contributed by atoms with Gasteiger partial charge in [0.2, 0.25) is 0 Å². The number of hydrogen-bond acceptors (Lipinski definition) is 11. The molecule has 5 amide bonds. The molecule has 14 nitrogen and oxygen atoms in total. The predicted molar refractivity (Wildman–Crippen MR) is 235 cm³/mol. The molecule has 0 spiro atoms. The van der Waals surface area contributed by atoms with Gasteiger partial charge < -0.3 is 34.1 Å². The van der Waals surface area contributed by atoms with Gasteiger partial charge in [-0.25, -0.2) is 4.79 Å². The highest BCUT2D eigenvalue weighted by Gasteiger charge is 2.38. The van der Waals surface area contributed by atoms with Crippen molar-refractivity contribution in [1.29, 1.82) is 0 Å². The molecule has 0 aliphatic carbocycles. The number of carbonyl (C=O) groups excluding carboxylic acids is 6. The van der Waals surface area contributed by atoms with Crippen LogP contribution in [0, 0.1) is 0 Å². The van der Waals surface area contributed by atoms with Crippen molar-refractivity contribution >= 4 is 103 Å². The number of rotatable bonds is 15. The summed E-state index contributed by atoms with van der Waals surface area (Å²) in [5.74, 6) is -1.19. The third-order valence-electron chi connectivity index (χ3n) is 10.9. The van der Waals surface area contributed by atoms with Gasteiger partial charge in [-0.1, -0.05) is 48.5 Å². The fraction of sp³-hybridized carbons (Fsp3) is 0.289. The largest absolute Gasteiger partial charge is 0.426 e. The number of ether oxygens (including phenoxy) is 4. The number of amides is 5. The molecule has 1 unspecified atom stereocenters. The topological polar surface area (TPSA) is 161 Å². The lowest BCUT2D eigenvalue weighted by Crippen LogP contribution is -2.33. The van der Waals surface area contributed by atoms with Crippen LogP contribution in [-0.4, -0.2) is 105 Å². The summed E-state index contributed by atoms with van der Waals surface area (Å²) in [5, 5.41) is 5.72. The van der Waals surface area contributed by atoms with Gasteiger partial charge in [0.1, 0.15) is 11.5 Å². The van der Waals surface area contributed by atoms with Crippen molar-refractivity contribution in [3.63, 3.8) is 0 Å². The molecule has 0 radical (unpaired) electrons. The highest BCUT2D eigenvalue weighted by molar-refractivity contribution is 7.16. The SMILES string of the molecule is CC(=O)Oc1cc2c(c3ccccc13)[C@H](CCl)CN2C(=O)c1ccc(C(=O)N2CC(CCl)c3c2cc(OC(=O)NCCOCCOCCN2C(=O)C=CC2=O)c2ccccc32)s1. The van der Waals surface area contributed by atoms with E-state index in [2.05, 4.69) is 5.32 Å². The van der Waals surface area contributed by atoms with E-state index < -0.39 is 12.1 Å². The van der Waals surface area contributed by atoms with Gasteiger partial charge in [-0.2, -0.15) is 0 Å². The molecule has 1 N–H and O–H groups in total. The maximum atomic E-state index is 14.4. The Kier molecular flexibility index (Phi) is 12.9. The second-order valence-electron chi connectivity index (χ2n) is 14.7. The number of nitrogens with zero attached hydrogens (tertiary/aromatic N) is 3. The Labute approximate surface area is 369 Å². The molecular formula is C45H40Cl2N4O10S. The Morgan fingerprint density at radius 1 is 0.677 bits per heavy atom. The van der Waals surface area contributed by atoms with Crippen molar-refractivity contribution in [3.05, 3.63) is 106 Å². The standard InChI is InChI=1S/C45H40Cl2N4O10S/c1-26(52)60-35-20-33-41(31-8-4-2-6-29(31)35)27(22-46)24-50(33)43(55)37-10-11-38(62-37)44(56)51-25-28(23-47)42-32-9-5-3-7-30(32)36(21-34(42)51)61-45(57)48-14-16-58-18-19-59-17-15-49-39(53)12-13-40(49)54/h2-13,20-21,27-28H,14-19,22-25H2,1H3,(H,48,57)/t27-,28?/m1/s1. The Balaban J connectivity index is 0.946. The van der Waals surface area contributed by atoms with Crippen LogP contribution >= 0.6 is 34.5 Å². The normalized spacial score (nSPS) is 16.7. The lowest BCUT2D eigenvalue weighted by Gasteiger charge is -2.19. The first-order chi connectivity index (χ1) is 30.1. The molecule has 0 saturated heterocycles. The molecule has 0 bridgehead atoms. The first kappa shape index (κ1) is 42.8. The second-order valence-corrected chi connectivity index (χ2v) is 16.4. The number of hydrogen-bond donors (Lipinski definition) is 1. The summed E-state index contributed by atoms with van der Waals surface area (Å²) in [6, 6.07) is 21.6. The monoisotopic (exact) mass is 898 g/mol. The number of halogens is 2. The molecule has 320 valence electrons. The smallest absolute Gasteiger partial charge is 0.412 e. The van der Waals surface area contributed by atoms with Crippen molar-refractivity contribution in [2.75, 3.05) is 74.2 Å². The number of esters is 1. The molecule has 2 atom stereocenters. The first-order valence-corrected chi connectivity index (χ1v) is 21.8. The third-order valence-corrected chi connectivity index (χ3v) is 12.7. The van der Waals surface area contributed by atoms with E-state index in [4.69, 9.17) is 42.1 Å². The minimum Gasteiger partial charge on any atom is -0.426 e. The molecule has 17 heteroatoms. The van der Waals surface area contributed by atoms with Crippen LogP contribution in [0.5, 0.6) is 11.5 Å². The van der Waals surface area contributed by atoms with Gasteiger partial charge in [0.05, 0.1) is 54.1 Å². The maximum Gasteiger partial charge on any atom is 0.412 e. The summed E-state index contributed by atoms with van der Waals surface area (Å²) in [6.07, 6.45) is 1.72. The van der Waals surface area contributed by atoms with E-state index in [0.29, 0.717) is 38.8 Å². The summed E-state index contributed by atoms with van der Waals surface area (Å²) >= 11 is 14.1. The zero-order valence-corrected chi connectivity index (χ0v) is 35.7. The summed E-state index contributed by atoms with van der Waals surface area (Å²) in [6.45, 7) is 3.00. The Morgan fingerprint density at radius 3 is 1.66 bits per heavy atom. The fourth-order valence-electron chi connectivity index (χ4n) is 8.11. The fourth-order valence-corrected chi connectivity index (χ4v) is 9.52. The van der Waals surface area contributed by atoms with E-state index in [1.807, 2.05) is 48.5 Å². The van der Waals surface area contributed by atoms with Crippen molar-refractivity contribution in [2.24, 2.45) is 0 Å². The molecule has 4 heterocycles. The molecule has 1 aromatic heterocycles. The quantitative estimate of drug-likeness (QED) is 0.0381. The van der Waals surface area contributed by atoms with Crippen molar-refractivity contribution in [2.45, 2.75) is 18.8 Å². The summed E-state index contributed by atoms with van der Waals surface area (Å²) in [5.41, 5.74) is 2.89. The van der Waals surface area contributed by atoms with E-state index in [9.17, 15) is 28.8 Å². The Hall–Kier alpha value is -5.84.